The standard InChI is InChI=1S/C22H21N5O5S/c1-27-11-20(23-13-27)33(28,29)12-18-22(25-16-6-4-3-5-15(16)24-18)26-17-9-14(30-2)10-19-21(17)32-8-7-31-19/h3-6,9-11,13H,7-8,12H2,1-2H3,(H,25,26). The Hall–Kier alpha value is -3.86. The molecule has 1 aliphatic rings. The molecule has 10 nitrogen and oxygen atoms in total. The number of sulfone groups is 1. The minimum atomic E-state index is -3.76. The van der Waals surface area contributed by atoms with E-state index in [2.05, 4.69) is 20.3 Å². The molecule has 33 heavy (non-hydrogen) atoms. The minimum absolute atomic E-state index is 0.0265. The Morgan fingerprint density at radius 1 is 1.12 bits per heavy atom. The zero-order valence-corrected chi connectivity index (χ0v) is 18.8. The highest BCUT2D eigenvalue weighted by Crippen LogP contribution is 2.42. The first-order valence-electron chi connectivity index (χ1n) is 10.1. The van der Waals surface area contributed by atoms with Crippen molar-refractivity contribution in [1.29, 1.82) is 0 Å². The van der Waals surface area contributed by atoms with Gasteiger partial charge in [0.2, 0.25) is 9.84 Å². The number of fused-ring (bicyclic) bond motifs is 2. The van der Waals surface area contributed by atoms with Crippen LogP contribution in [0, 0.1) is 0 Å². The first kappa shape index (κ1) is 21.0. The van der Waals surface area contributed by atoms with E-state index in [0.717, 1.165) is 0 Å². The van der Waals surface area contributed by atoms with Gasteiger partial charge in [0.15, 0.2) is 22.3 Å². The largest absolute Gasteiger partial charge is 0.497 e. The fourth-order valence-corrected chi connectivity index (χ4v) is 4.75. The number of methoxy groups -OCH3 is 1. The number of ether oxygens (including phenoxy) is 3. The fraction of sp³-hybridized carbons (Fsp3) is 0.227. The average Bonchev–Trinajstić information content (AvgIpc) is 3.26. The van der Waals surface area contributed by atoms with Gasteiger partial charge in [-0.05, 0) is 12.1 Å². The van der Waals surface area contributed by atoms with Crippen LogP contribution in [-0.2, 0) is 22.6 Å². The maximum atomic E-state index is 13.1. The number of benzene rings is 2. The van der Waals surface area contributed by atoms with Gasteiger partial charge in [-0.15, -0.1) is 0 Å². The number of para-hydroxylation sites is 2. The highest BCUT2D eigenvalue weighted by Gasteiger charge is 2.24. The number of imidazole rings is 1. The summed E-state index contributed by atoms with van der Waals surface area (Å²) in [5.41, 5.74) is 1.99. The molecule has 0 unspecified atom stereocenters. The predicted molar refractivity (Wildman–Crippen MR) is 121 cm³/mol. The van der Waals surface area contributed by atoms with Crippen molar-refractivity contribution in [3.63, 3.8) is 0 Å². The number of nitrogens with zero attached hydrogens (tertiary/aromatic N) is 4. The Kier molecular flexibility index (Phi) is 5.25. The lowest BCUT2D eigenvalue weighted by molar-refractivity contribution is 0.172. The smallest absolute Gasteiger partial charge is 0.202 e. The van der Waals surface area contributed by atoms with Crippen molar-refractivity contribution in [3.05, 3.63) is 54.6 Å². The number of hydrogen-bond acceptors (Lipinski definition) is 9. The lowest BCUT2D eigenvalue weighted by atomic mass is 10.2. The quantitative estimate of drug-likeness (QED) is 0.457. The molecule has 0 amide bonds. The van der Waals surface area contributed by atoms with Crippen LogP contribution in [-0.4, -0.2) is 48.3 Å². The molecule has 0 aliphatic carbocycles. The van der Waals surface area contributed by atoms with E-state index >= 15 is 0 Å². The molecule has 0 saturated carbocycles. The fourth-order valence-electron chi connectivity index (χ4n) is 3.51. The Morgan fingerprint density at radius 2 is 1.88 bits per heavy atom. The van der Waals surface area contributed by atoms with Crippen molar-refractivity contribution < 1.29 is 22.6 Å². The van der Waals surface area contributed by atoms with Crippen LogP contribution in [0.1, 0.15) is 5.69 Å². The van der Waals surface area contributed by atoms with Crippen LogP contribution in [0.4, 0.5) is 11.5 Å². The molecule has 0 atom stereocenters. The van der Waals surface area contributed by atoms with E-state index in [1.165, 1.54) is 12.5 Å². The molecule has 2 aromatic carbocycles. The number of aryl methyl sites for hydroxylation is 1. The van der Waals surface area contributed by atoms with Crippen LogP contribution < -0.4 is 19.5 Å². The summed E-state index contributed by atoms with van der Waals surface area (Å²) >= 11 is 0. The number of hydrogen-bond donors (Lipinski definition) is 1. The maximum Gasteiger partial charge on any atom is 0.202 e. The lowest BCUT2D eigenvalue weighted by Gasteiger charge is -2.22. The van der Waals surface area contributed by atoms with E-state index < -0.39 is 9.84 Å². The second-order valence-electron chi connectivity index (χ2n) is 7.47. The molecule has 4 aromatic rings. The van der Waals surface area contributed by atoms with Crippen molar-refractivity contribution in [2.45, 2.75) is 10.8 Å². The second kappa shape index (κ2) is 8.24. The van der Waals surface area contributed by atoms with E-state index in [4.69, 9.17) is 14.2 Å². The Balaban J connectivity index is 1.61. The van der Waals surface area contributed by atoms with Crippen LogP contribution in [0.3, 0.4) is 0 Å². The molecule has 3 heterocycles. The maximum absolute atomic E-state index is 13.1. The first-order chi connectivity index (χ1) is 15.9. The van der Waals surface area contributed by atoms with Gasteiger partial charge in [-0.1, -0.05) is 12.1 Å². The molecule has 0 radical (unpaired) electrons. The highest BCUT2D eigenvalue weighted by molar-refractivity contribution is 7.90. The molecular weight excluding hydrogens is 446 g/mol. The molecule has 0 bridgehead atoms. The zero-order chi connectivity index (χ0) is 23.0. The molecule has 1 aliphatic heterocycles. The lowest BCUT2D eigenvalue weighted by Crippen LogP contribution is -2.17. The molecule has 170 valence electrons. The molecular formula is C22H21N5O5S. The van der Waals surface area contributed by atoms with Crippen molar-refractivity contribution in [2.75, 3.05) is 25.6 Å². The third-order valence-corrected chi connectivity index (χ3v) is 6.58. The number of nitrogens with one attached hydrogen (secondary N) is 1. The van der Waals surface area contributed by atoms with Crippen molar-refractivity contribution in [3.8, 4) is 17.2 Å². The molecule has 0 spiro atoms. The van der Waals surface area contributed by atoms with Gasteiger partial charge >= 0.3 is 0 Å². The number of aromatic nitrogens is 4. The topological polar surface area (TPSA) is 117 Å². The van der Waals surface area contributed by atoms with Gasteiger partial charge in [0.1, 0.15) is 24.7 Å². The number of anilines is 2. The van der Waals surface area contributed by atoms with E-state index in [1.807, 2.05) is 18.2 Å². The van der Waals surface area contributed by atoms with Crippen molar-refractivity contribution in [2.24, 2.45) is 7.05 Å². The van der Waals surface area contributed by atoms with Gasteiger partial charge in [0.05, 0.1) is 35.9 Å². The van der Waals surface area contributed by atoms with Gasteiger partial charge in [-0.2, -0.15) is 0 Å². The third-order valence-electron chi connectivity index (χ3n) is 5.07. The first-order valence-corrected chi connectivity index (χ1v) is 11.8. The van der Waals surface area contributed by atoms with E-state index in [-0.39, 0.29) is 22.3 Å². The van der Waals surface area contributed by atoms with Crippen LogP contribution in [0.5, 0.6) is 17.2 Å². The molecule has 0 fully saturated rings. The SMILES string of the molecule is COc1cc(Nc2nc3ccccc3nc2CS(=O)(=O)c2cn(C)cn2)c2c(c1)OCCO2. The number of rotatable bonds is 6. The second-order valence-corrected chi connectivity index (χ2v) is 9.40. The predicted octanol–water partition coefficient (Wildman–Crippen LogP) is 2.86. The van der Waals surface area contributed by atoms with Gasteiger partial charge in [-0.25, -0.2) is 23.4 Å². The summed E-state index contributed by atoms with van der Waals surface area (Å²) in [5.74, 6) is 1.49. The molecule has 0 saturated heterocycles. The van der Waals surface area contributed by atoms with Gasteiger partial charge < -0.3 is 24.1 Å². The zero-order valence-electron chi connectivity index (χ0n) is 18.0. The van der Waals surface area contributed by atoms with Crippen molar-refractivity contribution in [1.82, 2.24) is 19.5 Å². The van der Waals surface area contributed by atoms with Crippen LogP contribution in [0.2, 0.25) is 0 Å². The normalized spacial score (nSPS) is 13.2. The van der Waals surface area contributed by atoms with E-state index in [9.17, 15) is 8.42 Å². The summed E-state index contributed by atoms with van der Waals surface area (Å²) in [6.07, 6.45) is 2.90. The summed E-state index contributed by atoms with van der Waals surface area (Å²) in [5, 5.41) is 3.17. The summed E-state index contributed by atoms with van der Waals surface area (Å²) in [7, 11) is -0.499. The highest BCUT2D eigenvalue weighted by atomic mass is 32.2. The molecule has 1 N–H and O–H groups in total. The van der Waals surface area contributed by atoms with Crippen molar-refractivity contribution >= 4 is 32.4 Å². The molecule has 2 aromatic heterocycles. The van der Waals surface area contributed by atoms with Crippen LogP contribution in [0.25, 0.3) is 11.0 Å². The van der Waals surface area contributed by atoms with E-state index in [0.29, 0.717) is 47.2 Å². The van der Waals surface area contributed by atoms with E-state index in [1.54, 1.807) is 36.9 Å². The molecule has 11 heteroatoms. The summed E-state index contributed by atoms with van der Waals surface area (Å²) in [4.78, 5) is 13.3. The summed E-state index contributed by atoms with van der Waals surface area (Å²) < 4.78 is 44.6. The van der Waals surface area contributed by atoms with Gasteiger partial charge in [-0.3, -0.25) is 0 Å². The molecule has 5 rings (SSSR count). The Bertz CT molecular complexity index is 1450. The Morgan fingerprint density at radius 3 is 2.61 bits per heavy atom. The summed E-state index contributed by atoms with van der Waals surface area (Å²) in [6, 6.07) is 10.7. The minimum Gasteiger partial charge on any atom is -0.497 e. The average molecular weight is 468 g/mol. The van der Waals surface area contributed by atoms with Crippen LogP contribution in [0.15, 0.2) is 53.9 Å². The Labute approximate surface area is 190 Å². The monoisotopic (exact) mass is 467 g/mol. The van der Waals surface area contributed by atoms with Crippen LogP contribution >= 0.6 is 0 Å². The van der Waals surface area contributed by atoms with Gasteiger partial charge in [0.25, 0.3) is 0 Å². The summed E-state index contributed by atoms with van der Waals surface area (Å²) in [6.45, 7) is 0.807. The third kappa shape index (κ3) is 4.14. The van der Waals surface area contributed by atoms with Gasteiger partial charge in [0, 0.05) is 25.4 Å².